The van der Waals surface area contributed by atoms with E-state index in [0.29, 0.717) is 0 Å². The van der Waals surface area contributed by atoms with E-state index in [1.54, 1.807) is 0 Å². The number of hydrogen-bond donors (Lipinski definition) is 0. The Morgan fingerprint density at radius 1 is 1.00 bits per heavy atom. The van der Waals surface area contributed by atoms with Crippen LogP contribution in [0.5, 0.6) is 0 Å². The molecule has 1 heteroatoms. The minimum Gasteiger partial charge on any atom is -0.0884 e. The van der Waals surface area contributed by atoms with Crippen molar-refractivity contribution in [1.82, 2.24) is 0 Å². The fourth-order valence-electron chi connectivity index (χ4n) is 2.87. The van der Waals surface area contributed by atoms with Gasteiger partial charge in [-0.2, -0.15) is 0 Å². The SMILES string of the molecule is BrC1[C@@H]2[C@H]1[C@@H]1C=C[C@H]2CC1. The van der Waals surface area contributed by atoms with Crippen LogP contribution < -0.4 is 0 Å². The first-order chi connectivity index (χ1) is 4.88. The largest absolute Gasteiger partial charge is 0.0884 e. The van der Waals surface area contributed by atoms with Crippen molar-refractivity contribution in [2.75, 3.05) is 0 Å². The van der Waals surface area contributed by atoms with Crippen LogP contribution in [0.3, 0.4) is 0 Å². The first-order valence-electron chi connectivity index (χ1n) is 4.20. The minimum absolute atomic E-state index is 0.875. The summed E-state index contributed by atoms with van der Waals surface area (Å²) in [5, 5.41) is 0. The summed E-state index contributed by atoms with van der Waals surface area (Å²) in [4.78, 5) is 0.875. The lowest BCUT2D eigenvalue weighted by atomic mass is 9.76. The zero-order chi connectivity index (χ0) is 6.72. The highest BCUT2D eigenvalue weighted by Gasteiger charge is 2.58. The Morgan fingerprint density at radius 3 is 1.80 bits per heavy atom. The molecule has 2 bridgehead atoms. The van der Waals surface area contributed by atoms with Crippen LogP contribution in [-0.2, 0) is 0 Å². The summed E-state index contributed by atoms with van der Waals surface area (Å²) in [7, 11) is 0. The second kappa shape index (κ2) is 1.69. The zero-order valence-electron chi connectivity index (χ0n) is 5.83. The summed E-state index contributed by atoms with van der Waals surface area (Å²) in [6, 6.07) is 0. The standard InChI is InChI=1S/C9H11Br/c10-9-7-5-1-2-6(4-3-5)8(7)9/h1-2,5-9H,3-4H2/t5-,6+,7-,8+,9?. The molecule has 0 aromatic rings. The predicted molar refractivity (Wildman–Crippen MR) is 45.0 cm³/mol. The average molecular weight is 199 g/mol. The molecule has 4 aliphatic rings. The fourth-order valence-corrected chi connectivity index (χ4v) is 4.18. The van der Waals surface area contributed by atoms with Crippen LogP contribution in [0.2, 0.25) is 0 Å². The molecular weight excluding hydrogens is 188 g/mol. The molecule has 0 saturated heterocycles. The predicted octanol–water partition coefficient (Wildman–Crippen LogP) is 2.59. The van der Waals surface area contributed by atoms with Gasteiger partial charge < -0.3 is 0 Å². The third-order valence-corrected chi connectivity index (χ3v) is 4.69. The highest BCUT2D eigenvalue weighted by Crippen LogP contribution is 2.62. The third kappa shape index (κ3) is 0.538. The van der Waals surface area contributed by atoms with E-state index in [1.807, 2.05) is 0 Å². The van der Waals surface area contributed by atoms with Crippen molar-refractivity contribution in [2.45, 2.75) is 17.7 Å². The molecule has 2 fully saturated rings. The second-order valence-corrected chi connectivity index (χ2v) is 4.95. The molecule has 0 heterocycles. The molecule has 0 aliphatic heterocycles. The normalized spacial score (nSPS) is 62.3. The Balaban J connectivity index is 2.00. The summed E-state index contributed by atoms with van der Waals surface area (Å²) >= 11 is 3.76. The number of halogens is 1. The van der Waals surface area contributed by atoms with E-state index in [-0.39, 0.29) is 0 Å². The van der Waals surface area contributed by atoms with Crippen molar-refractivity contribution in [3.8, 4) is 0 Å². The summed E-state index contributed by atoms with van der Waals surface area (Å²) < 4.78 is 0. The maximum Gasteiger partial charge on any atom is 0.0220 e. The molecule has 0 aromatic carbocycles. The molecule has 4 rings (SSSR count). The van der Waals surface area contributed by atoms with E-state index in [2.05, 4.69) is 28.1 Å². The van der Waals surface area contributed by atoms with Gasteiger partial charge in [0.15, 0.2) is 0 Å². The maximum absolute atomic E-state index is 3.76. The molecule has 0 amide bonds. The van der Waals surface area contributed by atoms with Crippen LogP contribution in [0, 0.1) is 23.7 Å². The van der Waals surface area contributed by atoms with E-state index in [0.717, 1.165) is 28.5 Å². The van der Waals surface area contributed by atoms with Crippen LogP contribution in [0.25, 0.3) is 0 Å². The van der Waals surface area contributed by atoms with Gasteiger partial charge in [0.2, 0.25) is 0 Å². The van der Waals surface area contributed by atoms with E-state index >= 15 is 0 Å². The van der Waals surface area contributed by atoms with Gasteiger partial charge in [-0.05, 0) is 36.5 Å². The summed E-state index contributed by atoms with van der Waals surface area (Å²) in [6.45, 7) is 0. The van der Waals surface area contributed by atoms with Gasteiger partial charge in [0.25, 0.3) is 0 Å². The molecule has 0 radical (unpaired) electrons. The number of rotatable bonds is 0. The lowest BCUT2D eigenvalue weighted by Gasteiger charge is -2.28. The van der Waals surface area contributed by atoms with E-state index < -0.39 is 0 Å². The Hall–Kier alpha value is 0.220. The lowest BCUT2D eigenvalue weighted by Crippen LogP contribution is -2.19. The first kappa shape index (κ1) is 5.82. The zero-order valence-corrected chi connectivity index (χ0v) is 7.42. The molecule has 0 nitrogen and oxygen atoms in total. The van der Waals surface area contributed by atoms with E-state index in [9.17, 15) is 0 Å². The molecule has 0 spiro atoms. The number of allylic oxidation sites excluding steroid dienone is 2. The molecule has 0 aromatic heterocycles. The molecule has 4 aliphatic carbocycles. The van der Waals surface area contributed by atoms with Crippen molar-refractivity contribution in [1.29, 1.82) is 0 Å². The van der Waals surface area contributed by atoms with Crippen molar-refractivity contribution in [3.63, 3.8) is 0 Å². The average Bonchev–Trinajstić information content (AvgIpc) is 2.68. The number of alkyl halides is 1. The smallest absolute Gasteiger partial charge is 0.0220 e. The summed E-state index contributed by atoms with van der Waals surface area (Å²) in [6.07, 6.45) is 7.84. The van der Waals surface area contributed by atoms with Crippen LogP contribution in [0.4, 0.5) is 0 Å². The van der Waals surface area contributed by atoms with Crippen LogP contribution in [-0.4, -0.2) is 4.83 Å². The molecular formula is C9H11Br. The Bertz CT molecular complexity index is 177. The van der Waals surface area contributed by atoms with Gasteiger partial charge in [-0.1, -0.05) is 28.1 Å². The topological polar surface area (TPSA) is 0 Å². The summed E-state index contributed by atoms with van der Waals surface area (Å²) in [5.74, 6) is 3.95. The third-order valence-electron chi connectivity index (χ3n) is 3.47. The highest BCUT2D eigenvalue weighted by molar-refractivity contribution is 9.09. The van der Waals surface area contributed by atoms with Crippen LogP contribution in [0.15, 0.2) is 12.2 Å². The van der Waals surface area contributed by atoms with Gasteiger partial charge in [-0.3, -0.25) is 0 Å². The summed E-state index contributed by atoms with van der Waals surface area (Å²) in [5.41, 5.74) is 0. The van der Waals surface area contributed by atoms with Crippen molar-refractivity contribution in [3.05, 3.63) is 12.2 Å². The second-order valence-electron chi connectivity index (χ2n) is 3.89. The van der Waals surface area contributed by atoms with Crippen molar-refractivity contribution >= 4 is 15.9 Å². The van der Waals surface area contributed by atoms with Gasteiger partial charge in [0.1, 0.15) is 0 Å². The van der Waals surface area contributed by atoms with Crippen molar-refractivity contribution < 1.29 is 0 Å². The van der Waals surface area contributed by atoms with Gasteiger partial charge in [0, 0.05) is 4.83 Å². The maximum atomic E-state index is 3.76. The van der Waals surface area contributed by atoms with E-state index in [1.165, 1.54) is 12.8 Å². The first-order valence-corrected chi connectivity index (χ1v) is 5.12. The number of hydrogen-bond acceptors (Lipinski definition) is 0. The molecule has 54 valence electrons. The quantitative estimate of drug-likeness (QED) is 0.415. The van der Waals surface area contributed by atoms with Crippen LogP contribution >= 0.6 is 15.9 Å². The molecule has 10 heavy (non-hydrogen) atoms. The lowest BCUT2D eigenvalue weighted by molar-refractivity contribution is 0.309. The Kier molecular flexibility index (Phi) is 0.981. The number of fused-ring (bicyclic) bond motifs is 1. The molecule has 2 saturated carbocycles. The van der Waals surface area contributed by atoms with Crippen molar-refractivity contribution in [2.24, 2.45) is 23.7 Å². The minimum atomic E-state index is 0.875. The Labute approximate surface area is 69.8 Å². The van der Waals surface area contributed by atoms with Crippen LogP contribution in [0.1, 0.15) is 12.8 Å². The monoisotopic (exact) mass is 198 g/mol. The Morgan fingerprint density at radius 2 is 1.50 bits per heavy atom. The van der Waals surface area contributed by atoms with Gasteiger partial charge in [0.05, 0.1) is 0 Å². The van der Waals surface area contributed by atoms with Gasteiger partial charge >= 0.3 is 0 Å². The van der Waals surface area contributed by atoms with Gasteiger partial charge in [-0.25, -0.2) is 0 Å². The fraction of sp³-hybridized carbons (Fsp3) is 0.778. The molecule has 0 N–H and O–H groups in total. The molecule has 1 unspecified atom stereocenters. The highest BCUT2D eigenvalue weighted by atomic mass is 79.9. The van der Waals surface area contributed by atoms with Gasteiger partial charge in [-0.15, -0.1) is 0 Å². The molecule has 5 atom stereocenters. The van der Waals surface area contributed by atoms with E-state index in [4.69, 9.17) is 0 Å².